The lowest BCUT2D eigenvalue weighted by Gasteiger charge is -2.12. The molecule has 0 radical (unpaired) electrons. The lowest BCUT2D eigenvalue weighted by Crippen LogP contribution is -2.19. The number of benzene rings is 1. The summed E-state index contributed by atoms with van der Waals surface area (Å²) in [5.74, 6) is 0.703. The number of anilines is 1. The van der Waals surface area contributed by atoms with Crippen molar-refractivity contribution in [1.82, 2.24) is 4.98 Å². The van der Waals surface area contributed by atoms with Crippen LogP contribution >= 0.6 is 12.2 Å². The molecule has 4 nitrogen and oxygen atoms in total. The van der Waals surface area contributed by atoms with Crippen molar-refractivity contribution in [1.29, 1.82) is 0 Å². The first-order chi connectivity index (χ1) is 8.75. The normalized spacial score (nSPS) is 9.78. The van der Waals surface area contributed by atoms with E-state index in [0.29, 0.717) is 12.4 Å². The van der Waals surface area contributed by atoms with Gasteiger partial charge < -0.3 is 15.8 Å². The fraction of sp³-hybridized carbons (Fsp3) is 0.0769. The highest BCUT2D eigenvalue weighted by Crippen LogP contribution is 2.24. The van der Waals surface area contributed by atoms with Crippen molar-refractivity contribution in [3.05, 3.63) is 54.4 Å². The fourth-order valence-corrected chi connectivity index (χ4v) is 1.58. The highest BCUT2D eigenvalue weighted by atomic mass is 32.1. The van der Waals surface area contributed by atoms with Crippen LogP contribution in [0.1, 0.15) is 5.56 Å². The summed E-state index contributed by atoms with van der Waals surface area (Å²) in [5, 5.41) is 3.09. The number of aromatic nitrogens is 1. The highest BCUT2D eigenvalue weighted by Gasteiger charge is 2.03. The van der Waals surface area contributed by atoms with Crippen LogP contribution in [0.3, 0.4) is 0 Å². The number of ether oxygens (including phenoxy) is 1. The zero-order valence-electron chi connectivity index (χ0n) is 9.67. The summed E-state index contributed by atoms with van der Waals surface area (Å²) in [7, 11) is 0. The molecule has 1 heterocycles. The van der Waals surface area contributed by atoms with Crippen LogP contribution in [0.25, 0.3) is 0 Å². The van der Waals surface area contributed by atoms with Crippen molar-refractivity contribution in [2.24, 2.45) is 5.73 Å². The second-order valence-electron chi connectivity index (χ2n) is 3.64. The summed E-state index contributed by atoms with van der Waals surface area (Å²) >= 11 is 4.82. The minimum absolute atomic E-state index is 0.215. The number of nitrogens with zero attached hydrogens (tertiary/aromatic N) is 1. The maximum Gasteiger partial charge on any atom is 0.168 e. The smallest absolute Gasteiger partial charge is 0.168 e. The Labute approximate surface area is 111 Å². The van der Waals surface area contributed by atoms with Crippen LogP contribution in [-0.2, 0) is 6.61 Å². The SMILES string of the molecule is NC(=S)Nc1ccccc1OCc1cccnc1. The van der Waals surface area contributed by atoms with Gasteiger partial charge in [-0.2, -0.15) is 0 Å². The van der Waals surface area contributed by atoms with Crippen molar-refractivity contribution < 1.29 is 4.74 Å². The second-order valence-corrected chi connectivity index (χ2v) is 4.08. The van der Waals surface area contributed by atoms with Crippen LogP contribution in [0.4, 0.5) is 5.69 Å². The molecule has 0 aliphatic rings. The molecule has 3 N–H and O–H groups in total. The predicted octanol–water partition coefficient (Wildman–Crippen LogP) is 2.32. The number of rotatable bonds is 4. The van der Waals surface area contributed by atoms with Gasteiger partial charge in [0.2, 0.25) is 0 Å². The van der Waals surface area contributed by atoms with Crippen molar-refractivity contribution in [3.63, 3.8) is 0 Å². The number of thiocarbonyl (C=S) groups is 1. The average molecular weight is 259 g/mol. The third-order valence-corrected chi connectivity index (χ3v) is 2.36. The standard InChI is InChI=1S/C13H13N3OS/c14-13(18)16-11-5-1-2-6-12(11)17-9-10-4-3-7-15-8-10/h1-8H,9H2,(H3,14,16,18). The van der Waals surface area contributed by atoms with E-state index in [2.05, 4.69) is 10.3 Å². The minimum Gasteiger partial charge on any atom is -0.487 e. The lowest BCUT2D eigenvalue weighted by molar-refractivity contribution is 0.307. The molecule has 0 aliphatic carbocycles. The molecule has 0 bridgehead atoms. The third-order valence-electron chi connectivity index (χ3n) is 2.26. The van der Waals surface area contributed by atoms with Gasteiger partial charge in [-0.25, -0.2) is 0 Å². The predicted molar refractivity (Wildman–Crippen MR) is 75.4 cm³/mol. The van der Waals surface area contributed by atoms with E-state index in [1.54, 1.807) is 12.4 Å². The van der Waals surface area contributed by atoms with Crippen LogP contribution in [0.15, 0.2) is 48.8 Å². The Morgan fingerprint density at radius 1 is 1.28 bits per heavy atom. The van der Waals surface area contributed by atoms with Gasteiger partial charge in [-0.15, -0.1) is 0 Å². The summed E-state index contributed by atoms with van der Waals surface area (Å²) in [6.07, 6.45) is 3.50. The van der Waals surface area contributed by atoms with E-state index in [0.717, 1.165) is 11.3 Å². The van der Waals surface area contributed by atoms with Crippen LogP contribution in [-0.4, -0.2) is 10.1 Å². The quantitative estimate of drug-likeness (QED) is 0.825. The topological polar surface area (TPSA) is 60.2 Å². The second kappa shape index (κ2) is 5.97. The van der Waals surface area contributed by atoms with Crippen molar-refractivity contribution in [2.45, 2.75) is 6.61 Å². The van der Waals surface area contributed by atoms with E-state index >= 15 is 0 Å². The van der Waals surface area contributed by atoms with Crippen LogP contribution in [0, 0.1) is 0 Å². The van der Waals surface area contributed by atoms with Gasteiger partial charge >= 0.3 is 0 Å². The van der Waals surface area contributed by atoms with Gasteiger partial charge in [-0.3, -0.25) is 4.98 Å². The van der Waals surface area contributed by atoms with Crippen molar-refractivity contribution in [3.8, 4) is 5.75 Å². The van der Waals surface area contributed by atoms with Gasteiger partial charge in [0.1, 0.15) is 12.4 Å². The number of pyridine rings is 1. The van der Waals surface area contributed by atoms with Gasteiger partial charge in [0.15, 0.2) is 5.11 Å². The van der Waals surface area contributed by atoms with Gasteiger partial charge in [-0.05, 0) is 30.4 Å². The molecule has 0 unspecified atom stereocenters. The first-order valence-corrected chi connectivity index (χ1v) is 5.84. The maximum atomic E-state index is 5.71. The van der Waals surface area contributed by atoms with E-state index < -0.39 is 0 Å². The van der Waals surface area contributed by atoms with Crippen LogP contribution in [0.2, 0.25) is 0 Å². The molecule has 0 aliphatic heterocycles. The zero-order valence-corrected chi connectivity index (χ0v) is 10.5. The Bertz CT molecular complexity index is 531. The van der Waals surface area contributed by atoms with Gasteiger partial charge in [-0.1, -0.05) is 18.2 Å². The summed E-state index contributed by atoms with van der Waals surface area (Å²) < 4.78 is 5.71. The highest BCUT2D eigenvalue weighted by molar-refractivity contribution is 7.80. The Kier molecular flexibility index (Phi) is 4.09. The van der Waals surface area contributed by atoms with Crippen molar-refractivity contribution >= 4 is 23.0 Å². The summed E-state index contributed by atoms with van der Waals surface area (Å²) in [6, 6.07) is 11.3. The molecule has 0 fully saturated rings. The van der Waals surface area contributed by atoms with Gasteiger partial charge in [0, 0.05) is 18.0 Å². The van der Waals surface area contributed by atoms with Gasteiger partial charge in [0.25, 0.3) is 0 Å². The van der Waals surface area contributed by atoms with E-state index in [1.165, 1.54) is 0 Å². The monoisotopic (exact) mass is 259 g/mol. The molecular weight excluding hydrogens is 246 g/mol. The summed E-state index contributed by atoms with van der Waals surface area (Å²) in [5.41, 5.74) is 7.22. The Morgan fingerprint density at radius 2 is 2.11 bits per heavy atom. The molecule has 2 aromatic rings. The molecule has 0 spiro atoms. The molecule has 1 aromatic carbocycles. The largest absolute Gasteiger partial charge is 0.487 e. The molecular formula is C13H13N3OS. The van der Waals surface area contributed by atoms with Gasteiger partial charge in [0.05, 0.1) is 5.69 Å². The molecule has 92 valence electrons. The minimum atomic E-state index is 0.215. The maximum absolute atomic E-state index is 5.71. The van der Waals surface area contributed by atoms with E-state index in [1.807, 2.05) is 36.4 Å². The summed E-state index contributed by atoms with van der Waals surface area (Å²) in [4.78, 5) is 4.03. The lowest BCUT2D eigenvalue weighted by atomic mass is 10.3. The molecule has 0 amide bonds. The van der Waals surface area contributed by atoms with E-state index in [9.17, 15) is 0 Å². The zero-order chi connectivity index (χ0) is 12.8. The Balaban J connectivity index is 2.07. The first kappa shape index (κ1) is 12.3. The van der Waals surface area contributed by atoms with E-state index in [4.69, 9.17) is 22.7 Å². The molecule has 2 rings (SSSR count). The molecule has 18 heavy (non-hydrogen) atoms. The molecule has 0 saturated heterocycles. The number of nitrogens with two attached hydrogens (primary N) is 1. The molecule has 1 aromatic heterocycles. The molecule has 0 atom stereocenters. The number of nitrogens with one attached hydrogen (secondary N) is 1. The number of hydrogen-bond acceptors (Lipinski definition) is 3. The van der Waals surface area contributed by atoms with Crippen molar-refractivity contribution in [2.75, 3.05) is 5.32 Å². The first-order valence-electron chi connectivity index (χ1n) is 5.43. The average Bonchev–Trinajstić information content (AvgIpc) is 2.38. The Morgan fingerprint density at radius 3 is 2.83 bits per heavy atom. The third kappa shape index (κ3) is 3.43. The fourth-order valence-electron chi connectivity index (χ4n) is 1.47. The molecule has 5 heteroatoms. The van der Waals surface area contributed by atoms with E-state index in [-0.39, 0.29) is 5.11 Å². The number of hydrogen-bond donors (Lipinski definition) is 2. The Hall–Kier alpha value is -2.14. The van der Waals surface area contributed by atoms with Crippen LogP contribution in [0.5, 0.6) is 5.75 Å². The summed E-state index contributed by atoms with van der Waals surface area (Å²) in [6.45, 7) is 0.448. The molecule has 0 saturated carbocycles. The van der Waals surface area contributed by atoms with Crippen LogP contribution < -0.4 is 15.8 Å². The number of para-hydroxylation sites is 2.